The largest absolute Gasteiger partial charge is 0.478 e. The Hall–Kier alpha value is -1.09. The summed E-state index contributed by atoms with van der Waals surface area (Å²) in [6.45, 7) is 1.70. The van der Waals surface area contributed by atoms with Crippen LogP contribution in [0.4, 0.5) is 4.39 Å². The Bertz CT molecular complexity index is 299. The molecule has 4 heteroatoms. The van der Waals surface area contributed by atoms with Crippen LogP contribution in [0.15, 0.2) is 18.2 Å². The Morgan fingerprint density at radius 3 is 2.50 bits per heavy atom. The van der Waals surface area contributed by atoms with E-state index in [1.807, 2.05) is 0 Å². The van der Waals surface area contributed by atoms with E-state index < -0.39 is 11.8 Å². The second-order valence-corrected chi connectivity index (χ2v) is 2.29. The van der Waals surface area contributed by atoms with Gasteiger partial charge in [-0.15, -0.1) is 12.4 Å². The molecule has 0 aliphatic rings. The summed E-state index contributed by atoms with van der Waals surface area (Å²) in [5, 5.41) is 8.42. The molecule has 2 nitrogen and oxygen atoms in total. The van der Waals surface area contributed by atoms with E-state index in [0.29, 0.717) is 5.56 Å². The Balaban J connectivity index is 0.00000121. The summed E-state index contributed by atoms with van der Waals surface area (Å²) < 4.78 is 12.7. The summed E-state index contributed by atoms with van der Waals surface area (Å²) in [7, 11) is 0. The van der Waals surface area contributed by atoms with Crippen molar-refractivity contribution in [2.24, 2.45) is 0 Å². The van der Waals surface area contributed by atoms with Gasteiger partial charge in [-0.3, -0.25) is 0 Å². The first-order valence-electron chi connectivity index (χ1n) is 3.10. The summed E-state index contributed by atoms with van der Waals surface area (Å²) in [6.07, 6.45) is 0. The normalized spacial score (nSPS) is 8.83. The lowest BCUT2D eigenvalue weighted by atomic mass is 10.1. The molecule has 66 valence electrons. The zero-order valence-corrected chi connectivity index (χ0v) is 7.19. The van der Waals surface area contributed by atoms with Crippen molar-refractivity contribution in [1.29, 1.82) is 0 Å². The van der Waals surface area contributed by atoms with Crippen molar-refractivity contribution in [2.45, 2.75) is 6.92 Å². The molecule has 1 aromatic rings. The van der Waals surface area contributed by atoms with Crippen LogP contribution >= 0.6 is 12.4 Å². The molecule has 0 bridgehead atoms. The fourth-order valence-electron chi connectivity index (χ4n) is 0.794. The smallest absolute Gasteiger partial charge is 0.338 e. The van der Waals surface area contributed by atoms with E-state index in [9.17, 15) is 9.18 Å². The minimum Gasteiger partial charge on any atom is -0.478 e. The van der Waals surface area contributed by atoms with Crippen LogP contribution in [0.2, 0.25) is 0 Å². The van der Waals surface area contributed by atoms with Crippen molar-refractivity contribution >= 4 is 18.4 Å². The van der Waals surface area contributed by atoms with E-state index in [-0.39, 0.29) is 18.0 Å². The summed E-state index contributed by atoms with van der Waals surface area (Å²) >= 11 is 0. The molecule has 0 spiro atoms. The van der Waals surface area contributed by atoms with Crippen LogP contribution in [0, 0.1) is 12.7 Å². The molecule has 0 saturated carbocycles. The van der Waals surface area contributed by atoms with Gasteiger partial charge in [0.05, 0.1) is 5.56 Å². The Morgan fingerprint density at radius 2 is 2.08 bits per heavy atom. The van der Waals surface area contributed by atoms with E-state index in [1.54, 1.807) is 13.0 Å². The highest BCUT2D eigenvalue weighted by Crippen LogP contribution is 2.08. The maximum absolute atomic E-state index is 12.7. The van der Waals surface area contributed by atoms with Gasteiger partial charge in [-0.25, -0.2) is 9.18 Å². The van der Waals surface area contributed by atoms with E-state index in [0.717, 1.165) is 0 Å². The van der Waals surface area contributed by atoms with Crippen LogP contribution in [-0.4, -0.2) is 11.1 Å². The number of carboxylic acids is 1. The van der Waals surface area contributed by atoms with Gasteiger partial charge in [0.1, 0.15) is 5.82 Å². The number of halogens is 2. The van der Waals surface area contributed by atoms with Gasteiger partial charge in [-0.05, 0) is 24.6 Å². The maximum atomic E-state index is 12.7. The van der Waals surface area contributed by atoms with Crippen molar-refractivity contribution in [1.82, 2.24) is 0 Å². The number of carbonyl (C=O) groups is 1. The fourth-order valence-corrected chi connectivity index (χ4v) is 0.794. The highest BCUT2D eigenvalue weighted by atomic mass is 35.5. The van der Waals surface area contributed by atoms with E-state index in [2.05, 4.69) is 0 Å². The third-order valence-electron chi connectivity index (χ3n) is 1.35. The number of rotatable bonds is 1. The number of hydrogen-bond acceptors (Lipinski definition) is 1. The second kappa shape index (κ2) is 4.07. The fraction of sp³-hybridized carbons (Fsp3) is 0.125. The average molecular weight is 191 g/mol. The maximum Gasteiger partial charge on any atom is 0.338 e. The Labute approximate surface area is 75.4 Å². The molecule has 12 heavy (non-hydrogen) atoms. The van der Waals surface area contributed by atoms with Crippen molar-refractivity contribution < 1.29 is 14.3 Å². The van der Waals surface area contributed by atoms with Gasteiger partial charge in [0.2, 0.25) is 0 Å². The van der Waals surface area contributed by atoms with Gasteiger partial charge in [0, 0.05) is 0 Å². The molecule has 0 radical (unpaired) electrons. The topological polar surface area (TPSA) is 37.3 Å². The minimum atomic E-state index is -1.23. The highest BCUT2D eigenvalue weighted by molar-refractivity contribution is 5.87. The minimum absolute atomic E-state index is 0. The molecule has 0 atom stereocenters. The van der Waals surface area contributed by atoms with E-state index in [1.165, 1.54) is 12.1 Å². The van der Waals surface area contributed by atoms with Gasteiger partial charge in [-0.2, -0.15) is 0 Å². The average Bonchev–Trinajstić information content (AvgIpc) is 1.85. The van der Waals surface area contributed by atoms with Crippen LogP contribution in [0.5, 0.6) is 0 Å². The third kappa shape index (κ3) is 2.20. The molecule has 0 aliphatic carbocycles. The predicted molar refractivity (Wildman–Crippen MR) is 45.3 cm³/mol. The molecule has 0 fully saturated rings. The monoisotopic (exact) mass is 190 g/mol. The summed E-state index contributed by atoms with van der Waals surface area (Å²) in [5.74, 6) is -1.92. The predicted octanol–water partition coefficient (Wildman–Crippen LogP) is 2.25. The highest BCUT2D eigenvalue weighted by Gasteiger charge is 2.08. The molecule has 1 rings (SSSR count). The Morgan fingerprint density at radius 1 is 1.50 bits per heavy atom. The number of aromatic carboxylic acids is 1. The zero-order valence-electron chi connectivity index (χ0n) is 6.37. The van der Waals surface area contributed by atoms with Crippen molar-refractivity contribution in [2.75, 3.05) is 0 Å². The summed E-state index contributed by atoms with van der Waals surface area (Å²) in [6, 6.07) is 4.02. The number of aryl methyl sites for hydroxylation is 1. The Kier molecular flexibility index (Phi) is 3.70. The van der Waals surface area contributed by atoms with Crippen LogP contribution < -0.4 is 0 Å². The van der Waals surface area contributed by atoms with Crippen molar-refractivity contribution in [3.05, 3.63) is 35.1 Å². The lowest BCUT2D eigenvalue weighted by Crippen LogP contribution is -1.99. The SMILES string of the molecule is Cc1ccc(C(=O)O)c(F)c1.Cl. The van der Waals surface area contributed by atoms with Crippen LogP contribution in [0.25, 0.3) is 0 Å². The van der Waals surface area contributed by atoms with Gasteiger partial charge >= 0.3 is 5.97 Å². The molecule has 0 aromatic heterocycles. The van der Waals surface area contributed by atoms with Gasteiger partial charge in [0.25, 0.3) is 0 Å². The molecule has 0 saturated heterocycles. The summed E-state index contributed by atoms with van der Waals surface area (Å²) in [4.78, 5) is 10.3. The first-order valence-corrected chi connectivity index (χ1v) is 3.10. The number of hydrogen-bond donors (Lipinski definition) is 1. The zero-order chi connectivity index (χ0) is 8.43. The lowest BCUT2D eigenvalue weighted by Gasteiger charge is -1.96. The molecule has 0 unspecified atom stereocenters. The quantitative estimate of drug-likeness (QED) is 0.738. The van der Waals surface area contributed by atoms with Crippen LogP contribution in [0.3, 0.4) is 0 Å². The molecule has 1 N–H and O–H groups in total. The third-order valence-corrected chi connectivity index (χ3v) is 1.35. The van der Waals surface area contributed by atoms with Gasteiger partial charge in [-0.1, -0.05) is 6.07 Å². The molecular weight excluding hydrogens is 183 g/mol. The standard InChI is InChI=1S/C8H7FO2.ClH/c1-5-2-3-6(8(10)11)7(9)4-5;/h2-4H,1H3,(H,10,11);1H. The first kappa shape index (κ1) is 10.9. The molecule has 0 heterocycles. The van der Waals surface area contributed by atoms with Crippen molar-refractivity contribution in [3.63, 3.8) is 0 Å². The molecule has 0 amide bonds. The number of benzene rings is 1. The molecule has 0 aliphatic heterocycles. The lowest BCUT2D eigenvalue weighted by molar-refractivity contribution is 0.0692. The van der Waals surface area contributed by atoms with Gasteiger partial charge < -0.3 is 5.11 Å². The summed E-state index contributed by atoms with van der Waals surface area (Å²) in [5.41, 5.74) is 0.433. The van der Waals surface area contributed by atoms with Crippen LogP contribution in [-0.2, 0) is 0 Å². The molecule has 1 aromatic carbocycles. The second-order valence-electron chi connectivity index (χ2n) is 2.29. The van der Waals surface area contributed by atoms with Crippen molar-refractivity contribution in [3.8, 4) is 0 Å². The molecular formula is C8H8ClFO2. The van der Waals surface area contributed by atoms with E-state index >= 15 is 0 Å². The first-order chi connectivity index (χ1) is 5.11. The van der Waals surface area contributed by atoms with Gasteiger partial charge in [0.15, 0.2) is 0 Å². The van der Waals surface area contributed by atoms with Crippen LogP contribution in [0.1, 0.15) is 15.9 Å². The van der Waals surface area contributed by atoms with E-state index in [4.69, 9.17) is 5.11 Å². The number of carboxylic acid groups (broad SMARTS) is 1.